The Morgan fingerprint density at radius 2 is 0.154 bits per heavy atom. The van der Waals surface area contributed by atoms with Gasteiger partial charge in [-0.2, -0.15) is 0 Å². The Bertz CT molecular complexity index is 12.9. The molecule has 0 aromatic carbocycles. The van der Waals surface area contributed by atoms with E-state index in [9.17, 15) is 0 Å². The summed E-state index contributed by atoms with van der Waals surface area (Å²) in [6.07, 6.45) is 0. The van der Waals surface area contributed by atoms with Gasteiger partial charge in [-0.15, -0.1) is 0 Å². The zero-order chi connectivity index (χ0) is 0. The van der Waals surface area contributed by atoms with Crippen LogP contribution in [0.5, 0.6) is 0 Å². The summed E-state index contributed by atoms with van der Waals surface area (Å²) >= 11 is 0. The Balaban J connectivity index is 0. The van der Waals surface area contributed by atoms with E-state index < -0.39 is 0 Å². The van der Waals surface area contributed by atoms with Crippen molar-refractivity contribution >= 4 is 106 Å². The van der Waals surface area contributed by atoms with Crippen molar-refractivity contribution < 1.29 is 136 Å². The molecule has 0 amide bonds. The first-order valence-corrected chi connectivity index (χ1v) is 0. The van der Waals surface area contributed by atoms with Crippen molar-refractivity contribution in [3.8, 4) is 0 Å². The van der Waals surface area contributed by atoms with Crippen LogP contribution in [0.1, 0.15) is 0 Å². The van der Waals surface area contributed by atoms with Crippen molar-refractivity contribution in [2.45, 2.75) is 0 Å². The van der Waals surface area contributed by atoms with Gasteiger partial charge in [-0.1, -0.05) is 0 Å². The molecule has 0 aliphatic carbocycles. The topological polar surface area (TPSA) is 0 Å². The molecule has 0 unspecified atom stereocenters. The molecule has 0 spiro atoms. The van der Waals surface area contributed by atoms with Gasteiger partial charge in [0.15, 0.2) is 0 Å². The molecule has 0 rings (SSSR count). The molecule has 0 saturated carbocycles. The normalized spacial score (nSPS) is 0. The molecular weight excluding hydrogens is 1160 g/mol. The molecule has 87 valence electrons. The van der Waals surface area contributed by atoms with Crippen LogP contribution >= 0.6 is 0 Å². The maximum Gasteiger partial charge on any atom is 0 e. The van der Waals surface area contributed by atoms with Gasteiger partial charge < -0.3 is 0 Å². The predicted octanol–water partition coefficient (Wildman–Crippen LogP) is -2.30. The van der Waals surface area contributed by atoms with E-state index in [0.717, 1.165) is 0 Å². The third-order valence-electron chi connectivity index (χ3n) is 0. The first kappa shape index (κ1) is 137. The quantitative estimate of drug-likeness (QED) is 0.240. The maximum atomic E-state index is 0. The Morgan fingerprint density at radius 1 is 0.154 bits per heavy atom. The van der Waals surface area contributed by atoms with Crippen molar-refractivity contribution in [1.82, 2.24) is 0 Å². The van der Waals surface area contributed by atoms with Crippen molar-refractivity contribution in [1.29, 1.82) is 0 Å². The Hall–Kier alpha value is 7.62. The van der Waals surface area contributed by atoms with Gasteiger partial charge in [-0.05, 0) is 0 Å². The second kappa shape index (κ2) is 117. The fraction of sp³-hybridized carbons (Fsp3) is 0. The second-order valence-electron chi connectivity index (χ2n) is 0. The van der Waals surface area contributed by atoms with Gasteiger partial charge >= 0.3 is 0 Å². The van der Waals surface area contributed by atoms with Crippen LogP contribution in [0.15, 0.2) is 0 Å². The van der Waals surface area contributed by atoms with Gasteiger partial charge in [-0.25, -0.2) is 0 Å². The minimum atomic E-state index is 0. The van der Waals surface area contributed by atoms with E-state index in [1.807, 2.05) is 0 Å². The first-order chi connectivity index (χ1) is 0. The molecule has 0 fully saturated rings. The summed E-state index contributed by atoms with van der Waals surface area (Å²) in [6, 6.07) is 0. The maximum absolute atomic E-state index is 0. The van der Waals surface area contributed by atoms with Crippen molar-refractivity contribution in [2.75, 3.05) is 0 Å². The smallest absolute Gasteiger partial charge is 0 e. The summed E-state index contributed by atoms with van der Waals surface area (Å²) in [5.74, 6) is 0. The van der Waals surface area contributed by atoms with Gasteiger partial charge in [0.1, 0.15) is 0 Å². The summed E-state index contributed by atoms with van der Waals surface area (Å²) in [7, 11) is 0. The van der Waals surface area contributed by atoms with Gasteiger partial charge in [0.05, 0.1) is 0 Å². The van der Waals surface area contributed by atoms with E-state index in [0.29, 0.717) is 0 Å². The standard InChI is InChI=1S/6Ge.7Rh. The Morgan fingerprint density at radius 3 is 0.154 bits per heavy atom. The number of rotatable bonds is 0. The third kappa shape index (κ3) is 105. The monoisotopic (exact) mass is 1160 g/mol. The zero-order valence-electron chi connectivity index (χ0n) is 5.33. The SMILES string of the molecule is [Ge].[Ge].[Ge].[Ge].[Ge].[Ge].[Rh].[Rh].[Rh].[Rh].[Rh].[Rh].[Rh]. The van der Waals surface area contributed by atoms with E-state index in [1.54, 1.807) is 0 Å². The molecule has 0 N–H and O–H groups in total. The first-order valence-electron chi connectivity index (χ1n) is 0. The van der Waals surface area contributed by atoms with E-state index >= 15 is 0 Å². The molecule has 0 atom stereocenters. The van der Waals surface area contributed by atoms with Crippen LogP contribution in [-0.2, 0) is 136 Å². The molecule has 0 aliphatic heterocycles. The summed E-state index contributed by atoms with van der Waals surface area (Å²) in [6.45, 7) is 0. The summed E-state index contributed by atoms with van der Waals surface area (Å²) in [4.78, 5) is 0. The van der Waals surface area contributed by atoms with Gasteiger partial charge in [0.2, 0.25) is 0 Å². The van der Waals surface area contributed by atoms with Gasteiger partial charge in [0, 0.05) is 242 Å². The number of hydrogen-bond acceptors (Lipinski definition) is 0. The molecule has 0 nitrogen and oxygen atoms in total. The average Bonchev–Trinajstić information content (AvgIpc) is 0. The molecule has 0 heterocycles. The van der Waals surface area contributed by atoms with Gasteiger partial charge in [0.25, 0.3) is 0 Å². The molecule has 13 heavy (non-hydrogen) atoms. The second-order valence-corrected chi connectivity index (χ2v) is 0. The molecule has 13 heteroatoms. The number of hydrogen-bond donors (Lipinski definition) is 0. The third-order valence-corrected chi connectivity index (χ3v) is 0. The van der Waals surface area contributed by atoms with E-state index in [1.165, 1.54) is 0 Å². The molecular formula is Ge6Rh7. The van der Waals surface area contributed by atoms with Crippen LogP contribution < -0.4 is 0 Å². The van der Waals surface area contributed by atoms with Crippen LogP contribution in [0.25, 0.3) is 0 Å². The molecule has 0 aromatic rings. The van der Waals surface area contributed by atoms with E-state index in [4.69, 9.17) is 0 Å². The summed E-state index contributed by atoms with van der Waals surface area (Å²) < 4.78 is 0. The van der Waals surface area contributed by atoms with Crippen LogP contribution in [0.4, 0.5) is 0 Å². The minimum Gasteiger partial charge on any atom is 0 e. The van der Waals surface area contributed by atoms with Crippen LogP contribution in [0.2, 0.25) is 0 Å². The average molecular weight is 1160 g/mol. The molecule has 0 bridgehead atoms. The molecule has 0 aliphatic rings. The molecule has 31 radical (unpaired) electrons. The Kier molecular flexibility index (Phi) is 1230. The molecule has 0 aromatic heterocycles. The van der Waals surface area contributed by atoms with E-state index in [-0.39, 0.29) is 242 Å². The largest absolute Gasteiger partial charge is 0 e. The van der Waals surface area contributed by atoms with Crippen LogP contribution in [0, 0.1) is 0 Å². The van der Waals surface area contributed by atoms with Crippen molar-refractivity contribution in [3.05, 3.63) is 0 Å². The minimum absolute atomic E-state index is 0. The van der Waals surface area contributed by atoms with E-state index in [2.05, 4.69) is 0 Å². The van der Waals surface area contributed by atoms with Crippen molar-refractivity contribution in [3.63, 3.8) is 0 Å². The fourth-order valence-corrected chi connectivity index (χ4v) is 0. The van der Waals surface area contributed by atoms with Gasteiger partial charge in [-0.3, -0.25) is 0 Å². The van der Waals surface area contributed by atoms with Crippen LogP contribution in [-0.4, -0.2) is 106 Å². The zero-order valence-corrected chi connectivity index (χ0v) is 29.4. The van der Waals surface area contributed by atoms with Crippen LogP contribution in [0.3, 0.4) is 0 Å². The predicted molar refractivity (Wildman–Crippen MR) is 34.5 cm³/mol. The molecule has 0 saturated heterocycles. The van der Waals surface area contributed by atoms with Crippen molar-refractivity contribution in [2.24, 2.45) is 0 Å². The summed E-state index contributed by atoms with van der Waals surface area (Å²) in [5.41, 5.74) is 0. The Labute approximate surface area is 236 Å². The summed E-state index contributed by atoms with van der Waals surface area (Å²) in [5, 5.41) is 0. The fourth-order valence-electron chi connectivity index (χ4n) is 0.